The molecule has 0 fully saturated rings. The molecule has 0 bridgehead atoms. The van der Waals surface area contributed by atoms with Gasteiger partial charge in [-0.25, -0.2) is 0 Å². The number of carbonyl (C=O) groups excluding carboxylic acids is 1. The number of nitrogens with one attached hydrogen (secondary N) is 1. The van der Waals surface area contributed by atoms with E-state index < -0.39 is 0 Å². The van der Waals surface area contributed by atoms with Crippen molar-refractivity contribution in [1.82, 2.24) is 10.2 Å². The number of aromatic nitrogens is 2. The number of benzene rings is 2. The molecule has 0 saturated heterocycles. The van der Waals surface area contributed by atoms with Crippen LogP contribution in [0.25, 0.3) is 0 Å². The van der Waals surface area contributed by atoms with E-state index in [1.54, 1.807) is 17.8 Å². The smallest absolute Gasteiger partial charge is 0.257 e. The molecule has 3 rings (SSSR count). The van der Waals surface area contributed by atoms with Crippen LogP contribution >= 0.6 is 57.3 Å². The molecule has 0 aliphatic heterocycles. The van der Waals surface area contributed by atoms with E-state index in [0.29, 0.717) is 10.7 Å². The maximum Gasteiger partial charge on any atom is 0.257 e. The zero-order valence-electron chi connectivity index (χ0n) is 12.2. The minimum atomic E-state index is -0.184. The standard InChI is InChI=1S/C16H11ClIN3OS2/c17-12-5-1-3-10(7-12)9-23-16-21-20-15(24-16)19-14(22)11-4-2-6-13(18)8-11/h1-8H,9H2,(H,19,20,22). The van der Waals surface area contributed by atoms with Gasteiger partial charge < -0.3 is 0 Å². The molecule has 0 aliphatic carbocycles. The van der Waals surface area contributed by atoms with Crippen LogP contribution in [0.3, 0.4) is 0 Å². The van der Waals surface area contributed by atoms with Crippen LogP contribution in [0.5, 0.6) is 0 Å². The first-order valence-corrected chi connectivity index (χ1v) is 10.1. The third-order valence-corrected chi connectivity index (χ3v) is 5.91. The van der Waals surface area contributed by atoms with Crippen LogP contribution < -0.4 is 5.32 Å². The fraction of sp³-hybridized carbons (Fsp3) is 0.0625. The van der Waals surface area contributed by atoms with Crippen molar-refractivity contribution in [3.63, 3.8) is 0 Å². The normalized spacial score (nSPS) is 10.6. The predicted molar refractivity (Wildman–Crippen MR) is 108 cm³/mol. The fourth-order valence-electron chi connectivity index (χ4n) is 1.89. The Hall–Kier alpha value is -1.16. The maximum absolute atomic E-state index is 12.2. The Kier molecular flexibility index (Phi) is 6.09. The van der Waals surface area contributed by atoms with Crippen molar-refractivity contribution >= 4 is 68.3 Å². The van der Waals surface area contributed by atoms with Crippen LogP contribution in [0.4, 0.5) is 5.13 Å². The van der Waals surface area contributed by atoms with Crippen LogP contribution in [0, 0.1) is 3.57 Å². The first kappa shape index (κ1) is 17.7. The molecule has 1 aromatic heterocycles. The average molecular weight is 488 g/mol. The third kappa shape index (κ3) is 4.92. The molecular weight excluding hydrogens is 477 g/mol. The molecule has 24 heavy (non-hydrogen) atoms. The summed E-state index contributed by atoms with van der Waals surface area (Å²) >= 11 is 11.1. The molecule has 3 aromatic rings. The van der Waals surface area contributed by atoms with Crippen LogP contribution in [0.15, 0.2) is 52.9 Å². The van der Waals surface area contributed by atoms with Crippen LogP contribution in [-0.2, 0) is 5.75 Å². The Labute approximate surface area is 166 Å². The van der Waals surface area contributed by atoms with Gasteiger partial charge in [0, 0.05) is 19.9 Å². The largest absolute Gasteiger partial charge is 0.296 e. The number of thioether (sulfide) groups is 1. The highest BCUT2D eigenvalue weighted by Gasteiger charge is 2.11. The molecule has 0 radical (unpaired) electrons. The van der Waals surface area contributed by atoms with Crippen molar-refractivity contribution < 1.29 is 4.79 Å². The molecule has 0 spiro atoms. The van der Waals surface area contributed by atoms with E-state index in [1.807, 2.05) is 42.5 Å². The summed E-state index contributed by atoms with van der Waals surface area (Å²) < 4.78 is 1.81. The lowest BCUT2D eigenvalue weighted by molar-refractivity contribution is 0.102. The minimum absolute atomic E-state index is 0.184. The van der Waals surface area contributed by atoms with Gasteiger partial charge in [-0.1, -0.05) is 52.9 Å². The van der Waals surface area contributed by atoms with Gasteiger partial charge in [0.1, 0.15) is 0 Å². The van der Waals surface area contributed by atoms with Crippen LogP contribution in [-0.4, -0.2) is 16.1 Å². The van der Waals surface area contributed by atoms with E-state index >= 15 is 0 Å². The Morgan fingerprint density at radius 1 is 1.21 bits per heavy atom. The van der Waals surface area contributed by atoms with Gasteiger partial charge in [0.15, 0.2) is 4.34 Å². The quantitative estimate of drug-likeness (QED) is 0.300. The SMILES string of the molecule is O=C(Nc1nnc(SCc2cccc(Cl)c2)s1)c1cccc(I)c1. The molecule has 2 aromatic carbocycles. The number of amides is 1. The van der Waals surface area contributed by atoms with E-state index in [0.717, 1.165) is 24.2 Å². The summed E-state index contributed by atoms with van der Waals surface area (Å²) in [7, 11) is 0. The van der Waals surface area contributed by atoms with Gasteiger partial charge in [-0.2, -0.15) is 0 Å². The Morgan fingerprint density at radius 3 is 2.83 bits per heavy atom. The van der Waals surface area contributed by atoms with Crippen molar-refractivity contribution in [2.45, 2.75) is 10.1 Å². The number of nitrogens with zero attached hydrogens (tertiary/aromatic N) is 2. The van der Waals surface area contributed by atoms with E-state index in [9.17, 15) is 4.79 Å². The van der Waals surface area contributed by atoms with Crippen LogP contribution in [0.2, 0.25) is 5.02 Å². The van der Waals surface area contributed by atoms with E-state index in [2.05, 4.69) is 38.1 Å². The summed E-state index contributed by atoms with van der Waals surface area (Å²) in [6, 6.07) is 15.1. The van der Waals surface area contributed by atoms with E-state index in [1.165, 1.54) is 11.3 Å². The van der Waals surface area contributed by atoms with Gasteiger partial charge in [-0.05, 0) is 58.5 Å². The number of rotatable bonds is 5. The average Bonchev–Trinajstić information content (AvgIpc) is 3.00. The molecule has 1 amide bonds. The van der Waals surface area contributed by atoms with Crippen molar-refractivity contribution in [3.8, 4) is 0 Å². The number of carbonyl (C=O) groups is 1. The number of hydrogen-bond donors (Lipinski definition) is 1. The summed E-state index contributed by atoms with van der Waals surface area (Å²) in [4.78, 5) is 12.2. The Morgan fingerprint density at radius 2 is 2.04 bits per heavy atom. The third-order valence-electron chi connectivity index (χ3n) is 2.97. The lowest BCUT2D eigenvalue weighted by atomic mass is 10.2. The lowest BCUT2D eigenvalue weighted by Crippen LogP contribution is -2.11. The topological polar surface area (TPSA) is 54.9 Å². The van der Waals surface area contributed by atoms with Gasteiger partial charge >= 0.3 is 0 Å². The molecule has 1 N–H and O–H groups in total. The number of anilines is 1. The number of hydrogen-bond acceptors (Lipinski definition) is 5. The minimum Gasteiger partial charge on any atom is -0.296 e. The highest BCUT2D eigenvalue weighted by atomic mass is 127. The summed E-state index contributed by atoms with van der Waals surface area (Å²) in [5.74, 6) is 0.566. The van der Waals surface area contributed by atoms with Gasteiger partial charge in [-0.3, -0.25) is 10.1 Å². The summed E-state index contributed by atoms with van der Waals surface area (Å²) in [6.45, 7) is 0. The highest BCUT2D eigenvalue weighted by Crippen LogP contribution is 2.29. The lowest BCUT2D eigenvalue weighted by Gasteiger charge is -2.01. The second kappa shape index (κ2) is 8.28. The molecule has 122 valence electrons. The molecule has 0 aliphatic rings. The molecule has 8 heteroatoms. The second-order valence-corrected chi connectivity index (χ2v) is 8.64. The van der Waals surface area contributed by atoms with E-state index in [-0.39, 0.29) is 5.91 Å². The molecular formula is C16H11ClIN3OS2. The van der Waals surface area contributed by atoms with Crippen LogP contribution in [0.1, 0.15) is 15.9 Å². The molecule has 1 heterocycles. The van der Waals surface area contributed by atoms with Gasteiger partial charge in [-0.15, -0.1) is 10.2 Å². The predicted octanol–water partition coefficient (Wildman–Crippen LogP) is 5.34. The first-order chi connectivity index (χ1) is 11.6. The summed E-state index contributed by atoms with van der Waals surface area (Å²) in [5.41, 5.74) is 1.72. The zero-order chi connectivity index (χ0) is 16.9. The molecule has 0 atom stereocenters. The zero-order valence-corrected chi connectivity index (χ0v) is 16.7. The molecule has 0 saturated carbocycles. The second-order valence-electron chi connectivity index (χ2n) is 4.76. The van der Waals surface area contributed by atoms with Gasteiger partial charge in [0.05, 0.1) is 0 Å². The van der Waals surface area contributed by atoms with Gasteiger partial charge in [0.2, 0.25) is 5.13 Å². The monoisotopic (exact) mass is 487 g/mol. The molecule has 4 nitrogen and oxygen atoms in total. The summed E-state index contributed by atoms with van der Waals surface area (Å²) in [6.07, 6.45) is 0. The van der Waals surface area contributed by atoms with Crippen molar-refractivity contribution in [1.29, 1.82) is 0 Å². The number of halogens is 2. The first-order valence-electron chi connectivity index (χ1n) is 6.88. The fourth-order valence-corrected chi connectivity index (χ4v) is 4.34. The van der Waals surface area contributed by atoms with Crippen molar-refractivity contribution in [3.05, 3.63) is 68.3 Å². The Balaban J connectivity index is 1.60. The van der Waals surface area contributed by atoms with Gasteiger partial charge in [0.25, 0.3) is 5.91 Å². The summed E-state index contributed by atoms with van der Waals surface area (Å²) in [5, 5.41) is 12.1. The van der Waals surface area contributed by atoms with E-state index in [4.69, 9.17) is 11.6 Å². The maximum atomic E-state index is 12.2. The Bertz CT molecular complexity index is 872. The molecule has 0 unspecified atom stereocenters. The van der Waals surface area contributed by atoms with Crippen molar-refractivity contribution in [2.24, 2.45) is 0 Å². The highest BCUT2D eigenvalue weighted by molar-refractivity contribution is 14.1. The van der Waals surface area contributed by atoms with Crippen molar-refractivity contribution in [2.75, 3.05) is 5.32 Å².